The molecule has 0 radical (unpaired) electrons. The maximum Gasteiger partial charge on any atom is 0.224 e. The zero-order chi connectivity index (χ0) is 13.2. The van der Waals surface area contributed by atoms with Gasteiger partial charge in [-0.05, 0) is 30.3 Å². The second kappa shape index (κ2) is 4.42. The number of aromatic amines is 1. The maximum absolute atomic E-state index is 8.89. The van der Waals surface area contributed by atoms with Gasteiger partial charge in [-0.3, -0.25) is 0 Å². The molecule has 0 saturated carbocycles. The average Bonchev–Trinajstić information content (AvgIpc) is 2.89. The molecule has 0 aliphatic heterocycles. The molecule has 92 valence electrons. The van der Waals surface area contributed by atoms with E-state index in [0.29, 0.717) is 17.3 Å². The van der Waals surface area contributed by atoms with Gasteiger partial charge in [-0.1, -0.05) is 0 Å². The second-order valence-electron chi connectivity index (χ2n) is 3.99. The number of ether oxygens (including phenoxy) is 1. The van der Waals surface area contributed by atoms with Crippen molar-refractivity contribution >= 4 is 11.0 Å². The Bertz CT molecular complexity index is 785. The Balaban J connectivity index is 2.18. The first-order chi connectivity index (χ1) is 9.31. The van der Waals surface area contributed by atoms with E-state index >= 15 is 0 Å². The van der Waals surface area contributed by atoms with Crippen molar-refractivity contribution in [3.63, 3.8) is 0 Å². The number of aromatic nitrogens is 3. The van der Waals surface area contributed by atoms with Gasteiger partial charge in [-0.2, -0.15) is 5.26 Å². The Kier molecular flexibility index (Phi) is 2.62. The van der Waals surface area contributed by atoms with Crippen LogP contribution in [-0.2, 0) is 0 Å². The monoisotopic (exact) mass is 250 g/mol. The lowest BCUT2D eigenvalue weighted by atomic mass is 10.2. The first kappa shape index (κ1) is 11.2. The molecule has 0 unspecified atom stereocenters. The molecule has 19 heavy (non-hydrogen) atoms. The standard InChI is InChI=1S/C14H10N4O/c1-19-14-10(3-2-6-16-14)13-17-11-5-4-9(8-15)7-12(11)18-13/h2-7H,1H3,(H,17,18). The fraction of sp³-hybridized carbons (Fsp3) is 0.0714. The van der Waals surface area contributed by atoms with Crippen molar-refractivity contribution in [3.8, 4) is 23.3 Å². The van der Waals surface area contributed by atoms with E-state index in [9.17, 15) is 0 Å². The Morgan fingerprint density at radius 2 is 2.21 bits per heavy atom. The normalized spacial score (nSPS) is 10.3. The number of hydrogen-bond acceptors (Lipinski definition) is 4. The summed E-state index contributed by atoms with van der Waals surface area (Å²) in [7, 11) is 1.57. The molecule has 0 aliphatic rings. The lowest BCUT2D eigenvalue weighted by molar-refractivity contribution is 0.399. The third kappa shape index (κ3) is 1.89. The lowest BCUT2D eigenvalue weighted by Gasteiger charge is -2.02. The molecule has 3 rings (SSSR count). The van der Waals surface area contributed by atoms with E-state index in [-0.39, 0.29) is 0 Å². The minimum absolute atomic E-state index is 0.516. The molecule has 0 atom stereocenters. The van der Waals surface area contributed by atoms with Gasteiger partial charge in [0.2, 0.25) is 5.88 Å². The largest absolute Gasteiger partial charge is 0.480 e. The Morgan fingerprint density at radius 3 is 3.00 bits per heavy atom. The van der Waals surface area contributed by atoms with E-state index < -0.39 is 0 Å². The van der Waals surface area contributed by atoms with Crippen LogP contribution < -0.4 is 4.74 Å². The quantitative estimate of drug-likeness (QED) is 0.758. The van der Waals surface area contributed by atoms with Gasteiger partial charge in [0.25, 0.3) is 0 Å². The summed E-state index contributed by atoms with van der Waals surface area (Å²) in [6.45, 7) is 0. The number of rotatable bonds is 2. The first-order valence-corrected chi connectivity index (χ1v) is 5.71. The highest BCUT2D eigenvalue weighted by molar-refractivity contribution is 5.81. The van der Waals surface area contributed by atoms with Gasteiger partial charge in [0.05, 0.1) is 35.3 Å². The Morgan fingerprint density at radius 1 is 1.32 bits per heavy atom. The van der Waals surface area contributed by atoms with Gasteiger partial charge in [0.1, 0.15) is 5.82 Å². The lowest BCUT2D eigenvalue weighted by Crippen LogP contribution is -1.91. The predicted octanol–water partition coefficient (Wildman–Crippen LogP) is 2.51. The summed E-state index contributed by atoms with van der Waals surface area (Å²) in [6, 6.07) is 11.1. The molecular weight excluding hydrogens is 240 g/mol. The highest BCUT2D eigenvalue weighted by Gasteiger charge is 2.11. The van der Waals surface area contributed by atoms with E-state index in [1.165, 1.54) is 0 Å². The SMILES string of the molecule is COc1ncccc1-c1nc2ccc(C#N)cc2[nH]1. The highest BCUT2D eigenvalue weighted by atomic mass is 16.5. The molecule has 0 saturated heterocycles. The molecule has 2 aromatic heterocycles. The van der Waals surface area contributed by atoms with Crippen molar-refractivity contribution in [2.45, 2.75) is 0 Å². The molecule has 3 aromatic rings. The smallest absolute Gasteiger partial charge is 0.224 e. The Labute approximate surface area is 109 Å². The summed E-state index contributed by atoms with van der Waals surface area (Å²) in [5.74, 6) is 1.19. The third-order valence-electron chi connectivity index (χ3n) is 2.83. The molecule has 0 aliphatic carbocycles. The van der Waals surface area contributed by atoms with Gasteiger partial charge in [0.15, 0.2) is 0 Å². The zero-order valence-corrected chi connectivity index (χ0v) is 10.2. The number of nitriles is 1. The molecule has 0 bridgehead atoms. The average molecular weight is 250 g/mol. The zero-order valence-electron chi connectivity index (χ0n) is 10.2. The molecular formula is C14H10N4O. The van der Waals surface area contributed by atoms with Crippen molar-refractivity contribution < 1.29 is 4.74 Å². The fourth-order valence-corrected chi connectivity index (χ4v) is 1.94. The number of H-pyrrole nitrogens is 1. The van der Waals surface area contributed by atoms with Crippen molar-refractivity contribution in [3.05, 3.63) is 42.1 Å². The van der Waals surface area contributed by atoms with Crippen LogP contribution in [0.1, 0.15) is 5.56 Å². The third-order valence-corrected chi connectivity index (χ3v) is 2.83. The molecule has 5 nitrogen and oxygen atoms in total. The van der Waals surface area contributed by atoms with E-state index in [4.69, 9.17) is 10.00 Å². The molecule has 2 heterocycles. The summed E-state index contributed by atoms with van der Waals surface area (Å²) in [4.78, 5) is 11.8. The topological polar surface area (TPSA) is 74.6 Å². The maximum atomic E-state index is 8.89. The number of nitrogens with one attached hydrogen (secondary N) is 1. The first-order valence-electron chi connectivity index (χ1n) is 5.71. The van der Waals surface area contributed by atoms with Crippen LogP contribution in [0.25, 0.3) is 22.4 Å². The van der Waals surface area contributed by atoms with Gasteiger partial charge < -0.3 is 9.72 Å². The number of imidazole rings is 1. The fourth-order valence-electron chi connectivity index (χ4n) is 1.94. The van der Waals surface area contributed by atoms with Crippen LogP contribution in [0.3, 0.4) is 0 Å². The van der Waals surface area contributed by atoms with Gasteiger partial charge >= 0.3 is 0 Å². The number of benzene rings is 1. The second-order valence-corrected chi connectivity index (χ2v) is 3.99. The number of nitrogens with zero attached hydrogens (tertiary/aromatic N) is 3. The van der Waals surface area contributed by atoms with Crippen LogP contribution >= 0.6 is 0 Å². The number of methoxy groups -OCH3 is 1. The van der Waals surface area contributed by atoms with Crippen LogP contribution in [0.4, 0.5) is 0 Å². The summed E-state index contributed by atoms with van der Waals surface area (Å²) in [6.07, 6.45) is 1.67. The summed E-state index contributed by atoms with van der Waals surface area (Å²) >= 11 is 0. The molecule has 0 amide bonds. The van der Waals surface area contributed by atoms with Crippen LogP contribution in [0, 0.1) is 11.3 Å². The van der Waals surface area contributed by atoms with E-state index in [0.717, 1.165) is 16.6 Å². The summed E-state index contributed by atoms with van der Waals surface area (Å²) in [5, 5.41) is 8.89. The van der Waals surface area contributed by atoms with E-state index in [1.807, 2.05) is 18.2 Å². The van der Waals surface area contributed by atoms with Crippen LogP contribution in [0.15, 0.2) is 36.5 Å². The van der Waals surface area contributed by atoms with Crippen molar-refractivity contribution in [2.75, 3.05) is 7.11 Å². The molecule has 5 heteroatoms. The molecule has 0 spiro atoms. The Hall–Kier alpha value is -2.87. The van der Waals surface area contributed by atoms with E-state index in [2.05, 4.69) is 21.0 Å². The van der Waals surface area contributed by atoms with Gasteiger partial charge in [0, 0.05) is 6.20 Å². The molecule has 1 aromatic carbocycles. The number of pyridine rings is 1. The van der Waals surface area contributed by atoms with Crippen molar-refractivity contribution in [2.24, 2.45) is 0 Å². The highest BCUT2D eigenvalue weighted by Crippen LogP contribution is 2.27. The van der Waals surface area contributed by atoms with Gasteiger partial charge in [-0.15, -0.1) is 0 Å². The minimum Gasteiger partial charge on any atom is -0.480 e. The van der Waals surface area contributed by atoms with Crippen molar-refractivity contribution in [1.29, 1.82) is 5.26 Å². The molecule has 0 fully saturated rings. The summed E-state index contributed by atoms with van der Waals surface area (Å²) < 4.78 is 5.22. The molecule has 1 N–H and O–H groups in total. The van der Waals surface area contributed by atoms with Crippen LogP contribution in [0.2, 0.25) is 0 Å². The minimum atomic E-state index is 0.516. The van der Waals surface area contributed by atoms with Crippen molar-refractivity contribution in [1.82, 2.24) is 15.0 Å². The van der Waals surface area contributed by atoms with Crippen LogP contribution in [-0.4, -0.2) is 22.1 Å². The van der Waals surface area contributed by atoms with Crippen LogP contribution in [0.5, 0.6) is 5.88 Å². The number of hydrogen-bond donors (Lipinski definition) is 1. The predicted molar refractivity (Wildman–Crippen MR) is 70.6 cm³/mol. The summed E-state index contributed by atoms with van der Waals surface area (Å²) in [5.41, 5.74) is 3.01. The van der Waals surface area contributed by atoms with E-state index in [1.54, 1.807) is 25.4 Å². The number of fused-ring (bicyclic) bond motifs is 1. The van der Waals surface area contributed by atoms with Gasteiger partial charge in [-0.25, -0.2) is 9.97 Å².